The Kier molecular flexibility index (Phi) is 10.4. The lowest BCUT2D eigenvalue weighted by molar-refractivity contribution is 0.0516. The first-order valence-corrected chi connectivity index (χ1v) is 12.6. The Bertz CT molecular complexity index is 916. The Balaban J connectivity index is 1.57. The minimum atomic E-state index is -1.32. The van der Waals surface area contributed by atoms with Gasteiger partial charge in [-0.3, -0.25) is 0 Å². The zero-order chi connectivity index (χ0) is 22.9. The van der Waals surface area contributed by atoms with E-state index in [0.29, 0.717) is 43.0 Å². The Morgan fingerprint density at radius 2 is 1.84 bits per heavy atom. The van der Waals surface area contributed by atoms with E-state index < -0.39 is 11.0 Å². The molecule has 6 nitrogen and oxygen atoms in total. The zero-order valence-electron chi connectivity index (χ0n) is 18.5. The smallest absolute Gasteiger partial charge is 0.124 e. The van der Waals surface area contributed by atoms with Crippen LogP contribution in [0.1, 0.15) is 22.6 Å². The van der Waals surface area contributed by atoms with Crippen LogP contribution in [0.5, 0.6) is 0 Å². The highest BCUT2D eigenvalue weighted by atomic mass is 35.5. The highest BCUT2D eigenvalue weighted by Crippen LogP contribution is 2.38. The Hall–Kier alpha value is -1.03. The van der Waals surface area contributed by atoms with Gasteiger partial charge in [0.2, 0.25) is 0 Å². The molecule has 0 radical (unpaired) electrons. The van der Waals surface area contributed by atoms with Gasteiger partial charge < -0.3 is 19.7 Å². The van der Waals surface area contributed by atoms with Gasteiger partial charge in [0, 0.05) is 42.1 Å². The largest absolute Gasteiger partial charge is 0.378 e. The molecule has 0 aromatic heterocycles. The fourth-order valence-electron chi connectivity index (χ4n) is 3.76. The number of nitrogens with one attached hydrogen (secondary N) is 2. The van der Waals surface area contributed by atoms with Crippen molar-refractivity contribution >= 4 is 34.2 Å². The molecule has 0 fully saturated rings. The molecule has 3 rings (SSSR count). The van der Waals surface area contributed by atoms with E-state index in [1.54, 1.807) is 6.07 Å². The van der Waals surface area contributed by atoms with Crippen molar-refractivity contribution in [2.24, 2.45) is 0 Å². The van der Waals surface area contributed by atoms with E-state index in [2.05, 4.69) is 28.1 Å². The van der Waals surface area contributed by atoms with Crippen molar-refractivity contribution in [3.05, 3.63) is 63.1 Å². The van der Waals surface area contributed by atoms with E-state index in [-0.39, 0.29) is 5.92 Å². The van der Waals surface area contributed by atoms with Gasteiger partial charge in [-0.15, -0.1) is 0 Å². The summed E-state index contributed by atoms with van der Waals surface area (Å²) < 4.78 is 26.7. The number of halogens is 2. The fraction of sp³-hybridized carbons (Fsp3) is 0.478. The lowest BCUT2D eigenvalue weighted by Gasteiger charge is -2.33. The highest BCUT2D eigenvalue weighted by molar-refractivity contribution is 7.83. The Morgan fingerprint density at radius 3 is 2.59 bits per heavy atom. The van der Waals surface area contributed by atoms with Crippen LogP contribution in [0.4, 0.5) is 0 Å². The maximum atomic E-state index is 12.8. The SMILES string of the molecule is CNCCOCCOCCNS(=O)c1cccc(C2CN(C)Cc3c(Cl)cc(Cl)cc32)c1. The van der Waals surface area contributed by atoms with Crippen molar-refractivity contribution in [3.8, 4) is 0 Å². The third kappa shape index (κ3) is 7.23. The average molecular weight is 500 g/mol. The molecule has 2 N–H and O–H groups in total. The summed E-state index contributed by atoms with van der Waals surface area (Å²) in [6, 6.07) is 11.7. The summed E-state index contributed by atoms with van der Waals surface area (Å²) in [5.41, 5.74) is 3.34. The maximum absolute atomic E-state index is 12.8. The third-order valence-corrected chi connectivity index (χ3v) is 7.02. The Labute approximate surface area is 203 Å². The summed E-state index contributed by atoms with van der Waals surface area (Å²) in [6.45, 7) is 5.16. The molecule has 9 heteroatoms. The minimum absolute atomic E-state index is 0.114. The van der Waals surface area contributed by atoms with Gasteiger partial charge in [0.05, 0.1) is 31.3 Å². The van der Waals surface area contributed by atoms with Gasteiger partial charge in [-0.2, -0.15) is 0 Å². The number of rotatable bonds is 12. The Morgan fingerprint density at radius 1 is 1.09 bits per heavy atom. The van der Waals surface area contributed by atoms with Crippen LogP contribution in [0.3, 0.4) is 0 Å². The number of ether oxygens (including phenoxy) is 2. The third-order valence-electron chi connectivity index (χ3n) is 5.31. The lowest BCUT2D eigenvalue weighted by Crippen LogP contribution is -2.31. The highest BCUT2D eigenvalue weighted by Gasteiger charge is 2.27. The van der Waals surface area contributed by atoms with Crippen molar-refractivity contribution in [1.82, 2.24) is 14.9 Å². The number of likely N-dealkylation sites (N-methyl/N-ethyl adjacent to an activating group) is 2. The average Bonchev–Trinajstić information content (AvgIpc) is 2.78. The maximum Gasteiger partial charge on any atom is 0.124 e. The normalized spacial score (nSPS) is 17.3. The number of fused-ring (bicyclic) bond motifs is 1. The van der Waals surface area contributed by atoms with E-state index in [1.807, 2.05) is 31.3 Å². The van der Waals surface area contributed by atoms with Crippen molar-refractivity contribution in [3.63, 3.8) is 0 Å². The van der Waals surface area contributed by atoms with Crippen LogP contribution in [0, 0.1) is 0 Å². The van der Waals surface area contributed by atoms with Gasteiger partial charge in [0.25, 0.3) is 0 Å². The van der Waals surface area contributed by atoms with Gasteiger partial charge in [0.15, 0.2) is 0 Å². The number of hydrogen-bond donors (Lipinski definition) is 2. The zero-order valence-corrected chi connectivity index (χ0v) is 20.9. The van der Waals surface area contributed by atoms with E-state index in [0.717, 1.165) is 41.2 Å². The van der Waals surface area contributed by atoms with Crippen molar-refractivity contribution < 1.29 is 13.7 Å². The molecule has 2 aromatic rings. The summed E-state index contributed by atoms with van der Waals surface area (Å²) in [7, 11) is 2.65. The predicted octanol–water partition coefficient (Wildman–Crippen LogP) is 3.44. The first-order chi connectivity index (χ1) is 15.5. The summed E-state index contributed by atoms with van der Waals surface area (Å²) >= 11 is 12.8. The van der Waals surface area contributed by atoms with Crippen molar-refractivity contribution in [2.75, 3.05) is 60.2 Å². The second-order valence-corrected chi connectivity index (χ2v) is 9.91. The van der Waals surface area contributed by atoms with Gasteiger partial charge in [0.1, 0.15) is 11.0 Å². The van der Waals surface area contributed by atoms with Crippen LogP contribution in [0.2, 0.25) is 10.0 Å². The molecule has 0 saturated carbocycles. The first kappa shape index (κ1) is 25.6. The van der Waals surface area contributed by atoms with Crippen LogP contribution in [0.25, 0.3) is 0 Å². The molecular formula is C23H31Cl2N3O3S. The molecular weight excluding hydrogens is 469 g/mol. The summed E-state index contributed by atoms with van der Waals surface area (Å²) in [4.78, 5) is 2.98. The molecule has 1 aliphatic heterocycles. The van der Waals surface area contributed by atoms with Crippen LogP contribution in [0.15, 0.2) is 41.3 Å². The number of nitrogens with zero attached hydrogens (tertiary/aromatic N) is 1. The molecule has 2 unspecified atom stereocenters. The van der Waals surface area contributed by atoms with E-state index in [1.165, 1.54) is 0 Å². The summed E-state index contributed by atoms with van der Waals surface area (Å²) in [6.07, 6.45) is 0. The first-order valence-electron chi connectivity index (χ1n) is 10.7. The number of benzene rings is 2. The molecule has 0 amide bonds. The van der Waals surface area contributed by atoms with E-state index in [4.69, 9.17) is 32.7 Å². The molecule has 2 atom stereocenters. The second kappa shape index (κ2) is 13.0. The van der Waals surface area contributed by atoms with E-state index in [9.17, 15) is 4.21 Å². The molecule has 0 saturated heterocycles. The fourth-order valence-corrected chi connectivity index (χ4v) is 5.21. The standard InChI is InChI=1S/C23H31Cl2N3O3S/c1-26-6-8-30-10-11-31-9-7-27-32(29)19-5-3-4-17(12-19)21-15-28(2)16-22-20(21)13-18(24)14-23(22)25/h3-5,12-14,21,26-27H,6-11,15-16H2,1-2H3. The summed E-state index contributed by atoms with van der Waals surface area (Å²) in [5, 5.41) is 4.35. The minimum Gasteiger partial charge on any atom is -0.378 e. The van der Waals surface area contributed by atoms with Crippen LogP contribution < -0.4 is 10.0 Å². The quantitative estimate of drug-likeness (QED) is 0.438. The molecule has 32 heavy (non-hydrogen) atoms. The van der Waals surface area contributed by atoms with Gasteiger partial charge in [-0.25, -0.2) is 8.93 Å². The lowest BCUT2D eigenvalue weighted by atomic mass is 9.85. The van der Waals surface area contributed by atoms with Crippen molar-refractivity contribution in [2.45, 2.75) is 17.4 Å². The molecule has 0 aliphatic carbocycles. The topological polar surface area (TPSA) is 62.8 Å². The van der Waals surface area contributed by atoms with Gasteiger partial charge >= 0.3 is 0 Å². The van der Waals surface area contributed by atoms with E-state index >= 15 is 0 Å². The van der Waals surface area contributed by atoms with Gasteiger partial charge in [-0.05, 0) is 55.1 Å². The second-order valence-electron chi connectivity index (χ2n) is 7.77. The van der Waals surface area contributed by atoms with Gasteiger partial charge in [-0.1, -0.05) is 35.3 Å². The molecule has 2 aromatic carbocycles. The molecule has 1 aliphatic rings. The van der Waals surface area contributed by atoms with Crippen LogP contribution in [-0.2, 0) is 27.0 Å². The molecule has 0 bridgehead atoms. The van der Waals surface area contributed by atoms with Crippen LogP contribution >= 0.6 is 23.2 Å². The van der Waals surface area contributed by atoms with Crippen LogP contribution in [-0.4, -0.2) is 69.3 Å². The molecule has 0 spiro atoms. The monoisotopic (exact) mass is 499 g/mol. The molecule has 176 valence electrons. The summed E-state index contributed by atoms with van der Waals surface area (Å²) in [5.74, 6) is 0.114. The van der Waals surface area contributed by atoms with Crippen molar-refractivity contribution in [1.29, 1.82) is 0 Å². The number of hydrogen-bond acceptors (Lipinski definition) is 5. The molecule has 1 heterocycles. The predicted molar refractivity (Wildman–Crippen MR) is 131 cm³/mol.